The van der Waals surface area contributed by atoms with Crippen LogP contribution in [0.5, 0.6) is 0 Å². The van der Waals surface area contributed by atoms with E-state index in [4.69, 9.17) is 9.47 Å². The van der Waals surface area contributed by atoms with Crippen LogP contribution in [0.3, 0.4) is 0 Å². The minimum Gasteiger partial charge on any atom is -0.359 e. The van der Waals surface area contributed by atoms with Gasteiger partial charge in [-0.2, -0.15) is 0 Å². The minimum atomic E-state index is 0.293. The average Bonchev–Trinajstić information content (AvgIpc) is 2.39. The number of aromatic nitrogens is 1. The van der Waals surface area contributed by atoms with Crippen molar-refractivity contribution >= 4 is 31.9 Å². The molecule has 0 radical (unpaired) electrons. The molecule has 0 spiro atoms. The predicted octanol–water partition coefficient (Wildman–Crippen LogP) is 4.39. The van der Waals surface area contributed by atoms with Crippen LogP contribution in [0, 0.1) is 0 Å². The van der Waals surface area contributed by atoms with Gasteiger partial charge >= 0.3 is 0 Å². The largest absolute Gasteiger partial charge is 0.359 e. The molecule has 0 saturated heterocycles. The van der Waals surface area contributed by atoms with Gasteiger partial charge in [0.05, 0.1) is 6.61 Å². The zero-order valence-corrected chi connectivity index (χ0v) is 13.6. The Morgan fingerprint density at radius 1 is 1.11 bits per heavy atom. The number of rotatable bonds is 5. The number of ether oxygens (including phenoxy) is 2. The van der Waals surface area contributed by atoms with E-state index in [9.17, 15) is 0 Å². The highest BCUT2D eigenvalue weighted by Gasteiger charge is 2.03. The van der Waals surface area contributed by atoms with Crippen LogP contribution in [0.4, 0.5) is 0 Å². The van der Waals surface area contributed by atoms with Gasteiger partial charge in [-0.05, 0) is 51.3 Å². The average molecular weight is 387 g/mol. The predicted molar refractivity (Wildman–Crippen MR) is 81.7 cm³/mol. The summed E-state index contributed by atoms with van der Waals surface area (Å²) in [5.41, 5.74) is 3.26. The molecule has 1 heterocycles. The first-order valence-corrected chi connectivity index (χ1v) is 7.26. The van der Waals surface area contributed by atoms with Crippen LogP contribution >= 0.6 is 31.9 Å². The van der Waals surface area contributed by atoms with E-state index in [-0.39, 0.29) is 0 Å². The van der Waals surface area contributed by atoms with E-state index in [1.807, 2.05) is 24.4 Å². The summed E-state index contributed by atoms with van der Waals surface area (Å²) >= 11 is 6.85. The Morgan fingerprint density at radius 2 is 1.95 bits per heavy atom. The maximum atomic E-state index is 5.37. The van der Waals surface area contributed by atoms with Gasteiger partial charge in [0.25, 0.3) is 0 Å². The molecule has 0 amide bonds. The SMILES string of the molecule is COCOCc1cc(Br)cc(-c2ccc(Br)nc2)c1. The molecule has 0 unspecified atom stereocenters. The van der Waals surface area contributed by atoms with Crippen molar-refractivity contribution in [3.63, 3.8) is 0 Å². The fraction of sp³-hybridized carbons (Fsp3) is 0.214. The van der Waals surface area contributed by atoms with E-state index in [2.05, 4.69) is 49.0 Å². The number of hydrogen-bond donors (Lipinski definition) is 0. The van der Waals surface area contributed by atoms with Crippen LogP contribution < -0.4 is 0 Å². The Kier molecular flexibility index (Phi) is 5.51. The van der Waals surface area contributed by atoms with Gasteiger partial charge < -0.3 is 9.47 Å². The molecule has 3 nitrogen and oxygen atoms in total. The first kappa shape index (κ1) is 14.7. The van der Waals surface area contributed by atoms with E-state index in [1.54, 1.807) is 7.11 Å². The normalized spacial score (nSPS) is 10.7. The lowest BCUT2D eigenvalue weighted by Gasteiger charge is -2.08. The molecule has 1 aromatic carbocycles. The Labute approximate surface area is 129 Å². The molecule has 100 valence electrons. The molecule has 19 heavy (non-hydrogen) atoms. The van der Waals surface area contributed by atoms with Crippen LogP contribution in [-0.2, 0) is 16.1 Å². The highest BCUT2D eigenvalue weighted by atomic mass is 79.9. The number of pyridine rings is 1. The molecule has 0 aliphatic heterocycles. The smallest absolute Gasteiger partial charge is 0.146 e. The standard InChI is InChI=1S/C14H13Br2NO2/c1-18-9-19-8-10-4-12(6-13(15)5-10)11-2-3-14(16)17-7-11/h2-7H,8-9H2,1H3. The van der Waals surface area contributed by atoms with Crippen molar-refractivity contribution in [2.45, 2.75) is 6.61 Å². The molecule has 1 aromatic heterocycles. The van der Waals surface area contributed by atoms with E-state index in [0.29, 0.717) is 13.4 Å². The van der Waals surface area contributed by atoms with Gasteiger partial charge in [0, 0.05) is 23.3 Å². The second-order valence-corrected chi connectivity index (χ2v) is 5.70. The van der Waals surface area contributed by atoms with Crippen LogP contribution in [0.1, 0.15) is 5.56 Å². The maximum absolute atomic E-state index is 5.37. The summed E-state index contributed by atoms with van der Waals surface area (Å²) in [6.45, 7) is 0.811. The van der Waals surface area contributed by atoms with Gasteiger partial charge in [0.15, 0.2) is 0 Å². The number of benzene rings is 1. The molecule has 2 aromatic rings. The fourth-order valence-electron chi connectivity index (χ4n) is 1.69. The molecular formula is C14H13Br2NO2. The topological polar surface area (TPSA) is 31.4 Å². The molecule has 0 atom stereocenters. The Morgan fingerprint density at radius 3 is 2.63 bits per heavy atom. The third kappa shape index (κ3) is 4.38. The lowest BCUT2D eigenvalue weighted by atomic mass is 10.1. The number of halogens is 2. The summed E-state index contributed by atoms with van der Waals surface area (Å²) in [6, 6.07) is 10.1. The number of methoxy groups -OCH3 is 1. The van der Waals surface area contributed by atoms with Crippen molar-refractivity contribution in [2.75, 3.05) is 13.9 Å². The van der Waals surface area contributed by atoms with Crippen LogP contribution in [0.2, 0.25) is 0 Å². The van der Waals surface area contributed by atoms with Crippen molar-refractivity contribution in [2.24, 2.45) is 0 Å². The van der Waals surface area contributed by atoms with Crippen molar-refractivity contribution < 1.29 is 9.47 Å². The van der Waals surface area contributed by atoms with E-state index < -0.39 is 0 Å². The summed E-state index contributed by atoms with van der Waals surface area (Å²) in [4.78, 5) is 4.24. The molecule has 0 N–H and O–H groups in total. The van der Waals surface area contributed by atoms with Crippen molar-refractivity contribution in [3.05, 3.63) is 51.2 Å². The summed E-state index contributed by atoms with van der Waals surface area (Å²) in [6.07, 6.45) is 1.84. The number of hydrogen-bond acceptors (Lipinski definition) is 3. The summed E-state index contributed by atoms with van der Waals surface area (Å²) in [5.74, 6) is 0. The van der Waals surface area contributed by atoms with Gasteiger partial charge in [-0.15, -0.1) is 0 Å². The maximum Gasteiger partial charge on any atom is 0.146 e. The summed E-state index contributed by atoms with van der Waals surface area (Å²) in [5, 5.41) is 0. The van der Waals surface area contributed by atoms with Crippen LogP contribution in [0.15, 0.2) is 45.6 Å². The van der Waals surface area contributed by atoms with E-state index in [0.717, 1.165) is 25.8 Å². The lowest BCUT2D eigenvalue weighted by molar-refractivity contribution is -0.0390. The third-order valence-corrected chi connectivity index (χ3v) is 3.42. The van der Waals surface area contributed by atoms with Crippen LogP contribution in [-0.4, -0.2) is 18.9 Å². The number of nitrogens with zero attached hydrogens (tertiary/aromatic N) is 1. The molecule has 5 heteroatoms. The Bertz CT molecular complexity index is 544. The molecular weight excluding hydrogens is 374 g/mol. The second-order valence-electron chi connectivity index (χ2n) is 3.97. The van der Waals surface area contributed by atoms with Crippen LogP contribution in [0.25, 0.3) is 11.1 Å². The zero-order valence-electron chi connectivity index (χ0n) is 10.4. The van der Waals surface area contributed by atoms with Crippen molar-refractivity contribution in [1.82, 2.24) is 4.98 Å². The molecule has 2 rings (SSSR count). The molecule has 0 bridgehead atoms. The molecule has 0 aliphatic rings. The Hall–Kier alpha value is -0.750. The monoisotopic (exact) mass is 385 g/mol. The van der Waals surface area contributed by atoms with E-state index in [1.165, 1.54) is 0 Å². The van der Waals surface area contributed by atoms with Gasteiger partial charge in [-0.1, -0.05) is 22.0 Å². The minimum absolute atomic E-state index is 0.293. The van der Waals surface area contributed by atoms with E-state index >= 15 is 0 Å². The van der Waals surface area contributed by atoms with Gasteiger partial charge in [0.2, 0.25) is 0 Å². The first-order chi connectivity index (χ1) is 9.19. The second kappa shape index (κ2) is 7.14. The Balaban J connectivity index is 2.23. The highest BCUT2D eigenvalue weighted by molar-refractivity contribution is 9.10. The van der Waals surface area contributed by atoms with Gasteiger partial charge in [-0.25, -0.2) is 4.98 Å². The first-order valence-electron chi connectivity index (χ1n) is 5.67. The molecule has 0 aliphatic carbocycles. The van der Waals surface area contributed by atoms with Gasteiger partial charge in [-0.3, -0.25) is 0 Å². The highest BCUT2D eigenvalue weighted by Crippen LogP contribution is 2.25. The lowest BCUT2D eigenvalue weighted by Crippen LogP contribution is -1.97. The van der Waals surface area contributed by atoms with Gasteiger partial charge in [0.1, 0.15) is 11.4 Å². The fourth-order valence-corrected chi connectivity index (χ4v) is 2.47. The summed E-state index contributed by atoms with van der Waals surface area (Å²) in [7, 11) is 1.61. The summed E-state index contributed by atoms with van der Waals surface area (Å²) < 4.78 is 12.1. The zero-order chi connectivity index (χ0) is 13.7. The van der Waals surface area contributed by atoms with Crippen molar-refractivity contribution in [1.29, 1.82) is 0 Å². The third-order valence-electron chi connectivity index (χ3n) is 2.49. The quantitative estimate of drug-likeness (QED) is 0.433. The van der Waals surface area contributed by atoms with Crippen molar-refractivity contribution in [3.8, 4) is 11.1 Å². The molecule has 0 fully saturated rings. The molecule has 0 saturated carbocycles.